The summed E-state index contributed by atoms with van der Waals surface area (Å²) in [4.78, 5) is 48.5. The molecule has 0 spiro atoms. The number of anilines is 1. The van der Waals surface area contributed by atoms with Gasteiger partial charge in [0.1, 0.15) is 0 Å². The third-order valence-electron chi connectivity index (χ3n) is 4.54. The van der Waals surface area contributed by atoms with Crippen LogP contribution in [0.4, 0.5) is 5.69 Å². The molecule has 0 fully saturated rings. The number of methoxy groups -OCH3 is 2. The van der Waals surface area contributed by atoms with E-state index in [1.807, 2.05) is 31.2 Å². The van der Waals surface area contributed by atoms with Gasteiger partial charge in [-0.3, -0.25) is 9.59 Å². The van der Waals surface area contributed by atoms with Crippen molar-refractivity contribution in [1.82, 2.24) is 5.32 Å². The molecule has 0 radical (unpaired) electrons. The molecule has 2 N–H and O–H groups in total. The van der Waals surface area contributed by atoms with Crippen molar-refractivity contribution in [2.45, 2.75) is 26.3 Å². The second-order valence-corrected chi connectivity index (χ2v) is 6.49. The number of amides is 2. The molecule has 2 amide bonds. The van der Waals surface area contributed by atoms with Crippen molar-refractivity contribution in [2.75, 3.05) is 19.5 Å². The Morgan fingerprint density at radius 1 is 0.900 bits per heavy atom. The number of aryl methyl sites for hydroxylation is 1. The zero-order chi connectivity index (χ0) is 22.3. The first kappa shape index (κ1) is 22.6. The highest BCUT2D eigenvalue weighted by atomic mass is 16.5. The zero-order valence-electron chi connectivity index (χ0n) is 17.3. The van der Waals surface area contributed by atoms with E-state index >= 15 is 0 Å². The second kappa shape index (κ2) is 10.2. The first-order valence-corrected chi connectivity index (χ1v) is 9.32. The lowest BCUT2D eigenvalue weighted by Gasteiger charge is -2.15. The van der Waals surface area contributed by atoms with Gasteiger partial charge in [0.05, 0.1) is 37.1 Å². The monoisotopic (exact) mass is 412 g/mol. The highest BCUT2D eigenvalue weighted by Gasteiger charge is 2.22. The van der Waals surface area contributed by atoms with E-state index in [9.17, 15) is 19.2 Å². The Morgan fingerprint density at radius 2 is 1.53 bits per heavy atom. The number of carbonyl (C=O) groups is 4. The molecule has 1 unspecified atom stereocenters. The molecule has 0 saturated carbocycles. The summed E-state index contributed by atoms with van der Waals surface area (Å²) < 4.78 is 9.32. The minimum atomic E-state index is -0.987. The maximum atomic E-state index is 12.4. The van der Waals surface area contributed by atoms with Crippen molar-refractivity contribution in [3.05, 3.63) is 64.7 Å². The van der Waals surface area contributed by atoms with Crippen LogP contribution in [-0.2, 0) is 25.5 Å². The van der Waals surface area contributed by atoms with Crippen molar-refractivity contribution >= 4 is 29.4 Å². The fraction of sp³-hybridized carbons (Fsp3) is 0.273. The van der Waals surface area contributed by atoms with E-state index in [0.717, 1.165) is 17.5 Å². The van der Waals surface area contributed by atoms with Gasteiger partial charge in [-0.05, 0) is 42.7 Å². The number of carbonyl (C=O) groups excluding carboxylic acids is 4. The van der Waals surface area contributed by atoms with E-state index in [2.05, 4.69) is 20.1 Å². The van der Waals surface area contributed by atoms with E-state index < -0.39 is 29.8 Å². The van der Waals surface area contributed by atoms with Crippen LogP contribution in [0.25, 0.3) is 0 Å². The first-order chi connectivity index (χ1) is 14.3. The molecule has 2 aromatic rings. The average Bonchev–Trinajstić information content (AvgIpc) is 2.77. The molecule has 0 aromatic heterocycles. The molecule has 2 aromatic carbocycles. The van der Waals surface area contributed by atoms with Crippen LogP contribution in [0.5, 0.6) is 0 Å². The van der Waals surface area contributed by atoms with E-state index in [1.165, 1.54) is 32.4 Å². The lowest BCUT2D eigenvalue weighted by molar-refractivity contribution is -0.136. The van der Waals surface area contributed by atoms with E-state index in [4.69, 9.17) is 0 Å². The minimum absolute atomic E-state index is 0.00509. The van der Waals surface area contributed by atoms with Gasteiger partial charge in [0.25, 0.3) is 0 Å². The molecule has 0 saturated heterocycles. The van der Waals surface area contributed by atoms with Crippen molar-refractivity contribution in [2.24, 2.45) is 0 Å². The molecular weight excluding hydrogens is 388 g/mol. The Bertz CT molecular complexity index is 953. The van der Waals surface area contributed by atoms with Crippen molar-refractivity contribution in [1.29, 1.82) is 0 Å². The lowest BCUT2D eigenvalue weighted by atomic mass is 10.0. The summed E-state index contributed by atoms with van der Waals surface area (Å²) >= 11 is 0. The summed E-state index contributed by atoms with van der Waals surface area (Å²) in [5.74, 6) is -3.26. The van der Waals surface area contributed by atoms with Crippen LogP contribution in [0.1, 0.15) is 51.7 Å². The van der Waals surface area contributed by atoms with Gasteiger partial charge in [-0.15, -0.1) is 0 Å². The van der Waals surface area contributed by atoms with Crippen LogP contribution in [0.15, 0.2) is 42.5 Å². The summed E-state index contributed by atoms with van der Waals surface area (Å²) in [6.07, 6.45) is 0.899. The van der Waals surface area contributed by atoms with Gasteiger partial charge in [0.15, 0.2) is 0 Å². The fourth-order valence-corrected chi connectivity index (χ4v) is 2.75. The molecular formula is C22H24N2O6. The van der Waals surface area contributed by atoms with Gasteiger partial charge in [0, 0.05) is 0 Å². The molecule has 0 aliphatic carbocycles. The van der Waals surface area contributed by atoms with Gasteiger partial charge < -0.3 is 20.1 Å². The summed E-state index contributed by atoms with van der Waals surface area (Å²) in [5.41, 5.74) is 2.07. The van der Waals surface area contributed by atoms with Crippen LogP contribution in [0.3, 0.4) is 0 Å². The Labute approximate surface area is 174 Å². The number of benzene rings is 2. The van der Waals surface area contributed by atoms with E-state index in [-0.39, 0.29) is 16.8 Å². The number of rotatable bonds is 6. The molecule has 8 nitrogen and oxygen atoms in total. The van der Waals surface area contributed by atoms with Gasteiger partial charge in [-0.25, -0.2) is 9.59 Å². The number of hydrogen-bond donors (Lipinski definition) is 2. The summed E-state index contributed by atoms with van der Waals surface area (Å²) in [6, 6.07) is 11.2. The first-order valence-electron chi connectivity index (χ1n) is 9.32. The maximum Gasteiger partial charge on any atom is 0.339 e. The Morgan fingerprint density at radius 3 is 2.10 bits per heavy atom. The topological polar surface area (TPSA) is 111 Å². The summed E-state index contributed by atoms with van der Waals surface area (Å²) in [5, 5.41) is 4.97. The standard InChI is InChI=1S/C22H24N2O6/c1-5-14-6-8-15(9-7-14)13(2)23-19(25)20(26)24-18-12-16(21(27)29-3)10-11-17(18)22(28)30-4/h6-13H,5H2,1-4H3,(H,23,25)(H,24,26). The molecule has 158 valence electrons. The Kier molecular flexibility index (Phi) is 7.69. The Hall–Kier alpha value is -3.68. The highest BCUT2D eigenvalue weighted by Crippen LogP contribution is 2.20. The number of nitrogens with one attached hydrogen (secondary N) is 2. The van der Waals surface area contributed by atoms with E-state index in [0.29, 0.717) is 0 Å². The van der Waals surface area contributed by atoms with Gasteiger partial charge in [-0.1, -0.05) is 31.2 Å². The predicted molar refractivity (Wildman–Crippen MR) is 110 cm³/mol. The summed E-state index contributed by atoms with van der Waals surface area (Å²) in [7, 11) is 2.39. The average molecular weight is 412 g/mol. The van der Waals surface area contributed by atoms with Gasteiger partial charge in [0.2, 0.25) is 0 Å². The highest BCUT2D eigenvalue weighted by molar-refractivity contribution is 6.40. The number of esters is 2. The predicted octanol–water partition coefficient (Wildman–Crippen LogP) is 2.64. The maximum absolute atomic E-state index is 12.4. The SMILES string of the molecule is CCc1ccc(C(C)NC(=O)C(=O)Nc2cc(C(=O)OC)ccc2C(=O)OC)cc1. The van der Waals surface area contributed by atoms with Gasteiger partial charge >= 0.3 is 23.8 Å². The number of ether oxygens (including phenoxy) is 2. The van der Waals surface area contributed by atoms with Crippen molar-refractivity contribution < 1.29 is 28.7 Å². The number of hydrogen-bond acceptors (Lipinski definition) is 6. The van der Waals surface area contributed by atoms with Crippen LogP contribution >= 0.6 is 0 Å². The zero-order valence-corrected chi connectivity index (χ0v) is 17.3. The smallest absolute Gasteiger partial charge is 0.339 e. The second-order valence-electron chi connectivity index (χ2n) is 6.49. The molecule has 0 bridgehead atoms. The summed E-state index contributed by atoms with van der Waals surface area (Å²) in [6.45, 7) is 3.80. The largest absolute Gasteiger partial charge is 0.465 e. The molecule has 0 aliphatic heterocycles. The van der Waals surface area contributed by atoms with Crippen LogP contribution in [0, 0.1) is 0 Å². The van der Waals surface area contributed by atoms with Crippen molar-refractivity contribution in [3.8, 4) is 0 Å². The molecule has 8 heteroatoms. The third-order valence-corrected chi connectivity index (χ3v) is 4.54. The molecule has 2 rings (SSSR count). The molecule has 0 aliphatic rings. The van der Waals surface area contributed by atoms with Crippen molar-refractivity contribution in [3.63, 3.8) is 0 Å². The lowest BCUT2D eigenvalue weighted by Crippen LogP contribution is -2.37. The quantitative estimate of drug-likeness (QED) is 0.557. The van der Waals surface area contributed by atoms with Crippen LogP contribution < -0.4 is 10.6 Å². The van der Waals surface area contributed by atoms with Crippen LogP contribution in [-0.4, -0.2) is 38.0 Å². The third kappa shape index (κ3) is 5.44. The van der Waals surface area contributed by atoms with Crippen LogP contribution in [0.2, 0.25) is 0 Å². The Balaban J connectivity index is 2.17. The normalized spacial score (nSPS) is 11.2. The molecule has 0 heterocycles. The van der Waals surface area contributed by atoms with Gasteiger partial charge in [-0.2, -0.15) is 0 Å². The molecule has 1 atom stereocenters. The molecule has 30 heavy (non-hydrogen) atoms. The fourth-order valence-electron chi connectivity index (χ4n) is 2.75. The van der Waals surface area contributed by atoms with E-state index in [1.54, 1.807) is 6.92 Å². The minimum Gasteiger partial charge on any atom is -0.465 e.